The fourth-order valence-corrected chi connectivity index (χ4v) is 5.14. The highest BCUT2D eigenvalue weighted by molar-refractivity contribution is 8.15. The Morgan fingerprint density at radius 2 is 1.50 bits per heavy atom. The molecule has 5 heteroatoms. The molecule has 148 valence electrons. The summed E-state index contributed by atoms with van der Waals surface area (Å²) in [7, 11) is 0. The molecule has 0 spiro atoms. The lowest BCUT2D eigenvalue weighted by Crippen LogP contribution is -1.97. The average Bonchev–Trinajstić information content (AvgIpc) is 3.31. The molecule has 4 aromatic rings. The Labute approximate surface area is 188 Å². The van der Waals surface area contributed by atoms with Gasteiger partial charge in [0.2, 0.25) is 0 Å². The smallest absolute Gasteiger partial charge is 0.123 e. The van der Waals surface area contributed by atoms with Gasteiger partial charge >= 0.3 is 0 Å². The number of benzene rings is 3. The van der Waals surface area contributed by atoms with Gasteiger partial charge in [-0.3, -0.25) is 0 Å². The van der Waals surface area contributed by atoms with Gasteiger partial charge in [0.05, 0.1) is 5.69 Å². The summed E-state index contributed by atoms with van der Waals surface area (Å²) in [5, 5.41) is 7.22. The molecular weight excluding hydrogens is 429 g/mol. The van der Waals surface area contributed by atoms with E-state index in [0.29, 0.717) is 0 Å². The molecule has 3 aromatic carbocycles. The van der Waals surface area contributed by atoms with Crippen LogP contribution in [-0.2, 0) is 0 Å². The first-order valence-electron chi connectivity index (χ1n) is 9.30. The molecule has 0 aliphatic rings. The summed E-state index contributed by atoms with van der Waals surface area (Å²) in [6.07, 6.45) is 0. The Morgan fingerprint density at radius 1 is 0.800 bits per heavy atom. The Morgan fingerprint density at radius 3 is 2.17 bits per heavy atom. The van der Waals surface area contributed by atoms with Crippen molar-refractivity contribution in [1.82, 2.24) is 0 Å². The number of halogens is 1. The number of para-hydroxylation sites is 1. The Balaban J connectivity index is 1.75. The molecule has 0 aliphatic carbocycles. The molecule has 0 N–H and O–H groups in total. The summed E-state index contributed by atoms with van der Waals surface area (Å²) in [6, 6.07) is 28.9. The van der Waals surface area contributed by atoms with Crippen LogP contribution < -0.4 is 0 Å². The van der Waals surface area contributed by atoms with Crippen LogP contribution in [0.15, 0.2) is 122 Å². The highest BCUT2D eigenvalue weighted by Crippen LogP contribution is 2.35. The maximum absolute atomic E-state index is 13.3. The second-order valence-corrected chi connectivity index (χ2v) is 9.07. The third-order valence-corrected chi connectivity index (χ3v) is 6.73. The minimum absolute atomic E-state index is 0.229. The van der Waals surface area contributed by atoms with Crippen molar-refractivity contribution in [3.63, 3.8) is 0 Å². The van der Waals surface area contributed by atoms with Crippen LogP contribution in [-0.4, -0.2) is 5.04 Å². The number of hydrogen-bond acceptors (Lipinski definition) is 4. The molecule has 0 saturated heterocycles. The lowest BCUT2D eigenvalue weighted by atomic mass is 10.2. The molecule has 0 fully saturated rings. The fourth-order valence-electron chi connectivity index (χ4n) is 2.66. The zero-order chi connectivity index (χ0) is 20.6. The number of rotatable bonds is 6. The first kappa shape index (κ1) is 20.7. The predicted octanol–water partition coefficient (Wildman–Crippen LogP) is 8.54. The number of aliphatic imine (C=N–C) groups is 1. The van der Waals surface area contributed by atoms with Crippen molar-refractivity contribution in [1.29, 1.82) is 0 Å². The van der Waals surface area contributed by atoms with E-state index in [1.165, 1.54) is 12.1 Å². The largest absolute Gasteiger partial charge is 0.241 e. The van der Waals surface area contributed by atoms with Gasteiger partial charge < -0.3 is 0 Å². The Kier molecular flexibility index (Phi) is 7.19. The maximum Gasteiger partial charge on any atom is 0.123 e. The molecule has 0 atom stereocenters. The molecule has 0 unspecified atom stereocenters. The third-order valence-electron chi connectivity index (χ3n) is 4.13. The van der Waals surface area contributed by atoms with Crippen LogP contribution in [0.25, 0.3) is 5.57 Å². The van der Waals surface area contributed by atoms with E-state index in [-0.39, 0.29) is 5.82 Å². The van der Waals surface area contributed by atoms with Crippen LogP contribution in [0, 0.1) is 5.82 Å². The van der Waals surface area contributed by atoms with E-state index < -0.39 is 0 Å². The quantitative estimate of drug-likeness (QED) is 0.167. The third kappa shape index (κ3) is 5.72. The number of thioether (sulfide) groups is 2. The highest BCUT2D eigenvalue weighted by Gasteiger charge is 2.13. The van der Waals surface area contributed by atoms with Crippen LogP contribution in [0.1, 0.15) is 5.56 Å². The number of hydrogen-bond donors (Lipinski definition) is 0. The van der Waals surface area contributed by atoms with Crippen molar-refractivity contribution in [3.8, 4) is 0 Å². The molecule has 0 radical (unpaired) electrons. The Hall–Kier alpha value is -2.60. The van der Waals surface area contributed by atoms with E-state index in [0.717, 1.165) is 31.7 Å². The van der Waals surface area contributed by atoms with Crippen molar-refractivity contribution in [2.24, 2.45) is 4.99 Å². The van der Waals surface area contributed by atoms with Gasteiger partial charge in [-0.1, -0.05) is 59.9 Å². The monoisotopic (exact) mass is 447 g/mol. The van der Waals surface area contributed by atoms with Crippen molar-refractivity contribution in [2.75, 3.05) is 0 Å². The molecule has 1 heterocycles. The van der Waals surface area contributed by atoms with Crippen molar-refractivity contribution in [2.45, 2.75) is 9.79 Å². The van der Waals surface area contributed by atoms with Crippen LogP contribution in [0.5, 0.6) is 0 Å². The predicted molar refractivity (Wildman–Crippen MR) is 130 cm³/mol. The summed E-state index contributed by atoms with van der Waals surface area (Å²) in [6.45, 7) is 0. The van der Waals surface area contributed by atoms with Crippen LogP contribution in [0.4, 0.5) is 10.1 Å². The lowest BCUT2D eigenvalue weighted by molar-refractivity contribution is 0.626. The molecular formula is C25H18FNS3. The van der Waals surface area contributed by atoms with Gasteiger partial charge in [-0.15, -0.1) is 0 Å². The first-order valence-corrected chi connectivity index (χ1v) is 11.9. The summed E-state index contributed by atoms with van der Waals surface area (Å²) in [5.74, 6) is -0.229. The number of nitrogens with zero attached hydrogens (tertiary/aromatic N) is 1. The van der Waals surface area contributed by atoms with E-state index >= 15 is 0 Å². The van der Waals surface area contributed by atoms with Crippen LogP contribution in [0.3, 0.4) is 0 Å². The zero-order valence-electron chi connectivity index (χ0n) is 15.9. The van der Waals surface area contributed by atoms with Crippen LogP contribution in [0.2, 0.25) is 0 Å². The normalized spacial score (nSPS) is 12.2. The highest BCUT2D eigenvalue weighted by atomic mass is 32.2. The van der Waals surface area contributed by atoms with Crippen molar-refractivity contribution >= 4 is 51.2 Å². The standard InChI is InChI=1S/C25H18FNS3/c26-20-11-13-22(14-12-20)29-18-24(19-15-16-28-17-19)25(27-21-7-3-1-4-8-21)30-23-9-5-2-6-10-23/h1-18H. The summed E-state index contributed by atoms with van der Waals surface area (Å²) >= 11 is 4.86. The van der Waals surface area contributed by atoms with E-state index in [1.54, 1.807) is 47.0 Å². The Bertz CT molecular complexity index is 1120. The van der Waals surface area contributed by atoms with Gasteiger partial charge in [-0.2, -0.15) is 11.3 Å². The molecule has 1 nitrogen and oxygen atoms in total. The second-order valence-electron chi connectivity index (χ2n) is 6.28. The number of thiophene rings is 1. The topological polar surface area (TPSA) is 12.4 Å². The van der Waals surface area contributed by atoms with E-state index in [9.17, 15) is 4.39 Å². The molecule has 0 saturated carbocycles. The second kappa shape index (κ2) is 10.4. The molecule has 1 aromatic heterocycles. The van der Waals surface area contributed by atoms with Gasteiger partial charge in [-0.05, 0) is 76.3 Å². The summed E-state index contributed by atoms with van der Waals surface area (Å²) in [4.78, 5) is 7.08. The van der Waals surface area contributed by atoms with E-state index in [2.05, 4.69) is 34.4 Å². The van der Waals surface area contributed by atoms with Gasteiger partial charge in [0, 0.05) is 15.4 Å². The lowest BCUT2D eigenvalue weighted by Gasteiger charge is -2.11. The average molecular weight is 448 g/mol. The van der Waals surface area contributed by atoms with Gasteiger partial charge in [0.1, 0.15) is 10.9 Å². The summed E-state index contributed by atoms with van der Waals surface area (Å²) < 4.78 is 13.3. The van der Waals surface area contributed by atoms with Crippen molar-refractivity contribution < 1.29 is 4.39 Å². The molecule has 4 rings (SSSR count). The van der Waals surface area contributed by atoms with Crippen LogP contribution >= 0.6 is 34.9 Å². The minimum Gasteiger partial charge on any atom is -0.241 e. The van der Waals surface area contributed by atoms with Crippen molar-refractivity contribution in [3.05, 3.63) is 119 Å². The maximum atomic E-state index is 13.3. The van der Waals surface area contributed by atoms with Gasteiger partial charge in [-0.25, -0.2) is 9.38 Å². The van der Waals surface area contributed by atoms with E-state index in [1.807, 2.05) is 48.5 Å². The SMILES string of the molecule is Fc1ccc(SC=C(C(=Nc2ccccc2)Sc2ccccc2)c2ccsc2)cc1. The fraction of sp³-hybridized carbons (Fsp3) is 0. The minimum atomic E-state index is -0.229. The molecule has 0 aliphatic heterocycles. The molecule has 0 bridgehead atoms. The molecule has 0 amide bonds. The van der Waals surface area contributed by atoms with Gasteiger partial charge in [0.25, 0.3) is 0 Å². The molecule has 30 heavy (non-hydrogen) atoms. The zero-order valence-corrected chi connectivity index (χ0v) is 18.4. The summed E-state index contributed by atoms with van der Waals surface area (Å²) in [5.41, 5.74) is 3.07. The first-order chi connectivity index (χ1) is 14.8. The van der Waals surface area contributed by atoms with E-state index in [4.69, 9.17) is 4.99 Å². The van der Waals surface area contributed by atoms with Gasteiger partial charge in [0.15, 0.2) is 0 Å².